The first kappa shape index (κ1) is 25.6. The van der Waals surface area contributed by atoms with Crippen molar-refractivity contribution < 1.29 is 24.3 Å². The van der Waals surface area contributed by atoms with Crippen LogP contribution >= 0.6 is 0 Å². The number of aromatic amines is 1. The van der Waals surface area contributed by atoms with Crippen LogP contribution < -0.4 is 16.8 Å². The summed E-state index contributed by atoms with van der Waals surface area (Å²) in [5.74, 6) is -2.20. The van der Waals surface area contributed by atoms with Gasteiger partial charge in [0.05, 0.1) is 12.4 Å². The standard InChI is InChI=1S/C22H35N7O5/c23-8-2-1-5-16(21(32)29-10-4-7-18(29)22(33)34)27-19(30)17-6-3-9-28(17)20(31)15(24)11-14-12-25-13-26-14/h12-13,15-18H,1-11,23-24H2,(H,25,26)(H,27,30)(H,33,34). The first-order valence-corrected chi connectivity index (χ1v) is 11.9. The number of rotatable bonds is 11. The van der Waals surface area contributed by atoms with E-state index in [0.717, 1.165) is 5.69 Å². The molecule has 188 valence electrons. The minimum atomic E-state index is -1.04. The summed E-state index contributed by atoms with van der Waals surface area (Å²) < 4.78 is 0. The number of nitrogens with one attached hydrogen (secondary N) is 2. The van der Waals surface area contributed by atoms with Gasteiger partial charge in [0.15, 0.2) is 0 Å². The Bertz CT molecular complexity index is 862. The number of H-pyrrole nitrogens is 1. The van der Waals surface area contributed by atoms with Gasteiger partial charge in [0.25, 0.3) is 0 Å². The summed E-state index contributed by atoms with van der Waals surface area (Å²) >= 11 is 0. The minimum Gasteiger partial charge on any atom is -0.480 e. The molecule has 34 heavy (non-hydrogen) atoms. The maximum atomic E-state index is 13.2. The van der Waals surface area contributed by atoms with Gasteiger partial charge in [0.2, 0.25) is 17.7 Å². The predicted molar refractivity (Wildman–Crippen MR) is 122 cm³/mol. The maximum Gasteiger partial charge on any atom is 0.326 e. The van der Waals surface area contributed by atoms with Crippen molar-refractivity contribution in [3.63, 3.8) is 0 Å². The molecule has 0 bridgehead atoms. The summed E-state index contributed by atoms with van der Waals surface area (Å²) in [5, 5.41) is 12.3. The number of aromatic nitrogens is 2. The molecule has 4 unspecified atom stereocenters. The lowest BCUT2D eigenvalue weighted by molar-refractivity contribution is -0.150. The Morgan fingerprint density at radius 3 is 2.41 bits per heavy atom. The molecule has 7 N–H and O–H groups in total. The molecule has 12 nitrogen and oxygen atoms in total. The normalized spacial score (nSPS) is 21.9. The van der Waals surface area contributed by atoms with Crippen LogP contribution in [0.3, 0.4) is 0 Å². The van der Waals surface area contributed by atoms with E-state index in [2.05, 4.69) is 15.3 Å². The number of carbonyl (C=O) groups is 4. The Kier molecular flexibility index (Phi) is 8.99. The number of carboxylic acid groups (broad SMARTS) is 1. The van der Waals surface area contributed by atoms with Crippen LogP contribution in [0.15, 0.2) is 12.5 Å². The number of carboxylic acids is 1. The zero-order valence-electron chi connectivity index (χ0n) is 19.3. The SMILES string of the molecule is NCCCCC(NC(=O)C1CCCN1C(=O)C(N)Cc1cnc[nH]1)C(=O)N1CCCC1C(=O)O. The van der Waals surface area contributed by atoms with Gasteiger partial charge < -0.3 is 36.7 Å². The fraction of sp³-hybridized carbons (Fsp3) is 0.682. The van der Waals surface area contributed by atoms with Gasteiger partial charge >= 0.3 is 5.97 Å². The predicted octanol–water partition coefficient (Wildman–Crippen LogP) is -1.04. The maximum absolute atomic E-state index is 13.2. The van der Waals surface area contributed by atoms with Crippen molar-refractivity contribution in [2.45, 2.75) is 75.5 Å². The van der Waals surface area contributed by atoms with Crippen LogP contribution in [0.2, 0.25) is 0 Å². The number of imidazole rings is 1. The zero-order chi connectivity index (χ0) is 24.7. The fourth-order valence-electron chi connectivity index (χ4n) is 4.74. The van der Waals surface area contributed by atoms with Crippen molar-refractivity contribution in [1.29, 1.82) is 0 Å². The largest absolute Gasteiger partial charge is 0.480 e. The number of nitrogens with two attached hydrogens (primary N) is 2. The van der Waals surface area contributed by atoms with E-state index in [1.54, 1.807) is 6.20 Å². The van der Waals surface area contributed by atoms with Crippen LogP contribution in [0.5, 0.6) is 0 Å². The molecule has 0 aromatic carbocycles. The Hall–Kier alpha value is -2.99. The minimum absolute atomic E-state index is 0.273. The fourth-order valence-corrected chi connectivity index (χ4v) is 4.74. The van der Waals surface area contributed by atoms with Crippen molar-refractivity contribution in [2.24, 2.45) is 11.5 Å². The van der Waals surface area contributed by atoms with Gasteiger partial charge in [-0.25, -0.2) is 9.78 Å². The summed E-state index contributed by atoms with van der Waals surface area (Å²) in [6, 6.07) is -3.29. The Balaban J connectivity index is 1.67. The van der Waals surface area contributed by atoms with Gasteiger partial charge in [0, 0.05) is 31.4 Å². The third kappa shape index (κ3) is 6.11. The highest BCUT2D eigenvalue weighted by atomic mass is 16.4. The summed E-state index contributed by atoms with van der Waals surface area (Å²) in [6.45, 7) is 1.21. The molecule has 0 radical (unpaired) electrons. The quantitative estimate of drug-likeness (QED) is 0.250. The second kappa shape index (κ2) is 11.9. The lowest BCUT2D eigenvalue weighted by Crippen LogP contribution is -2.56. The average molecular weight is 478 g/mol. The molecule has 3 rings (SSSR count). The van der Waals surface area contributed by atoms with Crippen molar-refractivity contribution in [2.75, 3.05) is 19.6 Å². The summed E-state index contributed by atoms with van der Waals surface area (Å²) in [4.78, 5) is 60.6. The first-order valence-electron chi connectivity index (χ1n) is 11.9. The summed E-state index contributed by atoms with van der Waals surface area (Å²) in [7, 11) is 0. The van der Waals surface area contributed by atoms with Crippen LogP contribution in [-0.2, 0) is 25.6 Å². The Labute approximate surface area is 198 Å². The van der Waals surface area contributed by atoms with Gasteiger partial charge in [0.1, 0.15) is 18.1 Å². The van der Waals surface area contributed by atoms with E-state index >= 15 is 0 Å². The molecule has 2 fully saturated rings. The van der Waals surface area contributed by atoms with Gasteiger partial charge in [-0.1, -0.05) is 0 Å². The lowest BCUT2D eigenvalue weighted by atomic mass is 10.1. The van der Waals surface area contributed by atoms with E-state index in [1.165, 1.54) is 16.1 Å². The first-order chi connectivity index (χ1) is 16.3. The van der Waals surface area contributed by atoms with E-state index in [1.807, 2.05) is 0 Å². The van der Waals surface area contributed by atoms with Gasteiger partial charge in [-0.3, -0.25) is 14.4 Å². The van der Waals surface area contributed by atoms with Crippen LogP contribution in [0, 0.1) is 0 Å². The molecule has 3 heterocycles. The zero-order valence-corrected chi connectivity index (χ0v) is 19.3. The van der Waals surface area contributed by atoms with E-state index in [0.29, 0.717) is 64.6 Å². The molecule has 3 amide bonds. The number of amides is 3. The number of hydrogen-bond donors (Lipinski definition) is 5. The summed E-state index contributed by atoms with van der Waals surface area (Å²) in [5.41, 5.74) is 12.4. The highest BCUT2D eigenvalue weighted by molar-refractivity contribution is 5.94. The molecule has 2 aliphatic heterocycles. The van der Waals surface area contributed by atoms with Crippen molar-refractivity contribution in [1.82, 2.24) is 25.1 Å². The highest BCUT2D eigenvalue weighted by Crippen LogP contribution is 2.22. The monoisotopic (exact) mass is 477 g/mol. The molecule has 12 heteroatoms. The lowest BCUT2D eigenvalue weighted by Gasteiger charge is -2.30. The molecule has 0 aliphatic carbocycles. The molecular formula is C22H35N7O5. The Morgan fingerprint density at radius 1 is 1.12 bits per heavy atom. The van der Waals surface area contributed by atoms with E-state index in [4.69, 9.17) is 11.5 Å². The average Bonchev–Trinajstić information content (AvgIpc) is 3.58. The van der Waals surface area contributed by atoms with Gasteiger partial charge in [-0.2, -0.15) is 0 Å². The topological polar surface area (TPSA) is 188 Å². The van der Waals surface area contributed by atoms with Crippen LogP contribution in [0.1, 0.15) is 50.6 Å². The van der Waals surface area contributed by atoms with Gasteiger partial charge in [-0.15, -0.1) is 0 Å². The third-order valence-electron chi connectivity index (χ3n) is 6.53. The molecule has 2 saturated heterocycles. The molecule has 0 saturated carbocycles. The smallest absolute Gasteiger partial charge is 0.326 e. The number of nitrogens with zero attached hydrogens (tertiary/aromatic N) is 3. The van der Waals surface area contributed by atoms with Crippen molar-refractivity contribution in [3.8, 4) is 0 Å². The van der Waals surface area contributed by atoms with E-state index in [9.17, 15) is 24.3 Å². The molecule has 1 aromatic heterocycles. The molecule has 1 aromatic rings. The highest BCUT2D eigenvalue weighted by Gasteiger charge is 2.40. The Morgan fingerprint density at radius 2 is 1.79 bits per heavy atom. The molecule has 2 aliphatic rings. The second-order valence-electron chi connectivity index (χ2n) is 8.95. The molecule has 4 atom stereocenters. The molecule has 0 spiro atoms. The third-order valence-corrected chi connectivity index (χ3v) is 6.53. The number of unbranched alkanes of at least 4 members (excludes halogenated alkanes) is 1. The van der Waals surface area contributed by atoms with E-state index < -0.39 is 42.0 Å². The van der Waals surface area contributed by atoms with Crippen LogP contribution in [-0.4, -0.2) is 92.4 Å². The van der Waals surface area contributed by atoms with Crippen LogP contribution in [0.4, 0.5) is 0 Å². The number of aliphatic carboxylic acids is 1. The van der Waals surface area contributed by atoms with Gasteiger partial charge in [-0.05, 0) is 51.5 Å². The number of likely N-dealkylation sites (tertiary alicyclic amines) is 2. The van der Waals surface area contributed by atoms with Crippen molar-refractivity contribution in [3.05, 3.63) is 18.2 Å². The number of hydrogen-bond acceptors (Lipinski definition) is 7. The number of carbonyl (C=O) groups excluding carboxylic acids is 3. The van der Waals surface area contributed by atoms with Crippen LogP contribution in [0.25, 0.3) is 0 Å². The van der Waals surface area contributed by atoms with Crippen molar-refractivity contribution >= 4 is 23.7 Å². The second-order valence-corrected chi connectivity index (χ2v) is 8.95. The molecular weight excluding hydrogens is 442 g/mol. The summed E-state index contributed by atoms with van der Waals surface area (Å²) in [6.07, 6.45) is 7.14. The van der Waals surface area contributed by atoms with E-state index in [-0.39, 0.29) is 12.3 Å².